The van der Waals surface area contributed by atoms with Gasteiger partial charge >= 0.3 is 0 Å². The van der Waals surface area contributed by atoms with Crippen molar-refractivity contribution in [3.05, 3.63) is 59.9 Å². The van der Waals surface area contributed by atoms with Crippen LogP contribution in [0.15, 0.2) is 53.7 Å². The Labute approximate surface area is 219 Å². The Balaban J connectivity index is 1.70. The van der Waals surface area contributed by atoms with Crippen LogP contribution in [0, 0.1) is 0 Å². The Hall–Kier alpha value is -3.18. The van der Waals surface area contributed by atoms with E-state index in [0.717, 1.165) is 5.75 Å². The molecule has 0 radical (unpaired) electrons. The molecule has 0 aliphatic carbocycles. The van der Waals surface area contributed by atoms with Crippen molar-refractivity contribution in [2.75, 3.05) is 37.3 Å². The van der Waals surface area contributed by atoms with Crippen LogP contribution in [0.2, 0.25) is 0 Å². The van der Waals surface area contributed by atoms with Crippen molar-refractivity contribution in [1.29, 1.82) is 0 Å². The van der Waals surface area contributed by atoms with E-state index < -0.39 is 0 Å². The minimum atomic E-state index is -0.320. The minimum absolute atomic E-state index is 0.160. The summed E-state index contributed by atoms with van der Waals surface area (Å²) in [5.74, 6) is 2.69. The zero-order valence-corrected chi connectivity index (χ0v) is 22.4. The molecule has 36 heavy (non-hydrogen) atoms. The van der Waals surface area contributed by atoms with Gasteiger partial charge < -0.3 is 24.7 Å². The lowest BCUT2D eigenvalue weighted by atomic mass is 10.1. The lowest BCUT2D eigenvalue weighted by Crippen LogP contribution is -2.31. The van der Waals surface area contributed by atoms with E-state index in [4.69, 9.17) is 9.47 Å². The van der Waals surface area contributed by atoms with E-state index in [-0.39, 0.29) is 23.6 Å². The van der Waals surface area contributed by atoms with E-state index >= 15 is 0 Å². The predicted molar refractivity (Wildman–Crippen MR) is 144 cm³/mol. The number of hydrogen-bond acceptors (Lipinski definition) is 8. The highest BCUT2D eigenvalue weighted by molar-refractivity contribution is 7.99. The fraction of sp³-hybridized carbons (Fsp3) is 0.360. The van der Waals surface area contributed by atoms with Crippen LogP contribution < -0.4 is 20.1 Å². The van der Waals surface area contributed by atoms with Gasteiger partial charge in [0.15, 0.2) is 11.0 Å². The van der Waals surface area contributed by atoms with Crippen molar-refractivity contribution in [2.24, 2.45) is 0 Å². The standard InChI is InChI=1S/C25H31N5O4S2/c1-5-30-23(21(13-14-35-4)27-24(32)17-9-11-19(33-2)12-10-17)28-29-25(30)36-16-22(31)26-18-7-6-8-20(15-18)34-3/h6-12,15,21H,5,13-14,16H2,1-4H3,(H,26,31)(H,27,32)/t21-/m1/s1. The summed E-state index contributed by atoms with van der Waals surface area (Å²) in [7, 11) is 3.17. The number of rotatable bonds is 13. The van der Waals surface area contributed by atoms with Gasteiger partial charge in [0.1, 0.15) is 11.5 Å². The number of nitrogens with one attached hydrogen (secondary N) is 2. The van der Waals surface area contributed by atoms with Crippen LogP contribution in [0.5, 0.6) is 11.5 Å². The van der Waals surface area contributed by atoms with E-state index in [1.807, 2.05) is 29.9 Å². The van der Waals surface area contributed by atoms with Gasteiger partial charge in [-0.05, 0) is 61.8 Å². The van der Waals surface area contributed by atoms with E-state index in [1.54, 1.807) is 62.4 Å². The maximum Gasteiger partial charge on any atom is 0.251 e. The van der Waals surface area contributed by atoms with Crippen molar-refractivity contribution in [3.63, 3.8) is 0 Å². The van der Waals surface area contributed by atoms with E-state index in [1.165, 1.54) is 11.8 Å². The molecule has 2 N–H and O–H groups in total. The van der Waals surface area contributed by atoms with Crippen LogP contribution in [0.1, 0.15) is 35.6 Å². The molecule has 11 heteroatoms. The number of aromatic nitrogens is 3. The highest BCUT2D eigenvalue weighted by atomic mass is 32.2. The van der Waals surface area contributed by atoms with Crippen LogP contribution in [-0.4, -0.2) is 58.6 Å². The zero-order valence-electron chi connectivity index (χ0n) is 20.8. The lowest BCUT2D eigenvalue weighted by molar-refractivity contribution is -0.113. The number of amides is 2. The number of methoxy groups -OCH3 is 2. The first kappa shape index (κ1) is 27.4. The summed E-state index contributed by atoms with van der Waals surface area (Å²) in [6.07, 6.45) is 2.72. The van der Waals surface area contributed by atoms with Crippen molar-refractivity contribution in [3.8, 4) is 11.5 Å². The molecule has 3 aromatic rings. The number of hydrogen-bond donors (Lipinski definition) is 2. The molecule has 1 heterocycles. The van der Waals surface area contributed by atoms with Crippen LogP contribution in [0.3, 0.4) is 0 Å². The molecule has 0 aliphatic rings. The van der Waals surface area contributed by atoms with Gasteiger partial charge in [-0.15, -0.1) is 10.2 Å². The average molecular weight is 530 g/mol. The second-order valence-corrected chi connectivity index (χ2v) is 9.62. The first-order valence-electron chi connectivity index (χ1n) is 11.4. The maximum absolute atomic E-state index is 12.9. The van der Waals surface area contributed by atoms with Gasteiger partial charge in [-0.25, -0.2) is 0 Å². The third-order valence-corrected chi connectivity index (χ3v) is 6.94. The Kier molecular flexibility index (Phi) is 10.5. The number of thioether (sulfide) groups is 2. The van der Waals surface area contributed by atoms with Gasteiger partial charge in [0, 0.05) is 23.9 Å². The summed E-state index contributed by atoms with van der Waals surface area (Å²) in [6, 6.07) is 13.8. The molecule has 9 nitrogen and oxygen atoms in total. The Morgan fingerprint density at radius 2 is 1.81 bits per heavy atom. The fourth-order valence-electron chi connectivity index (χ4n) is 3.48. The molecular weight excluding hydrogens is 498 g/mol. The van der Waals surface area contributed by atoms with Crippen LogP contribution in [-0.2, 0) is 11.3 Å². The van der Waals surface area contributed by atoms with Crippen LogP contribution in [0.25, 0.3) is 0 Å². The molecule has 3 rings (SSSR count). The molecule has 2 aromatic carbocycles. The predicted octanol–water partition coefficient (Wildman–Crippen LogP) is 4.27. The summed E-state index contributed by atoms with van der Waals surface area (Å²) >= 11 is 3.00. The molecule has 1 atom stereocenters. The topological polar surface area (TPSA) is 107 Å². The number of carbonyl (C=O) groups excluding carboxylic acids is 2. The number of carbonyl (C=O) groups is 2. The molecular formula is C25H31N5O4S2. The molecule has 0 aliphatic heterocycles. The van der Waals surface area contributed by atoms with Crippen LogP contribution >= 0.6 is 23.5 Å². The second kappa shape index (κ2) is 13.8. The Morgan fingerprint density at radius 3 is 2.47 bits per heavy atom. The van der Waals surface area contributed by atoms with Gasteiger partial charge in [-0.1, -0.05) is 17.8 Å². The van der Waals surface area contributed by atoms with Gasteiger partial charge in [-0.2, -0.15) is 11.8 Å². The zero-order chi connectivity index (χ0) is 25.9. The monoisotopic (exact) mass is 529 g/mol. The van der Waals surface area contributed by atoms with Crippen molar-refractivity contribution < 1.29 is 19.1 Å². The molecule has 0 saturated heterocycles. The molecule has 0 spiro atoms. The highest BCUT2D eigenvalue weighted by Gasteiger charge is 2.23. The van der Waals surface area contributed by atoms with Crippen molar-refractivity contribution in [2.45, 2.75) is 31.1 Å². The van der Waals surface area contributed by atoms with Crippen molar-refractivity contribution >= 4 is 41.0 Å². The van der Waals surface area contributed by atoms with E-state index in [2.05, 4.69) is 20.8 Å². The molecule has 0 saturated carbocycles. The molecule has 1 aromatic heterocycles. The third kappa shape index (κ3) is 7.41. The normalized spacial score (nSPS) is 11.6. The first-order valence-corrected chi connectivity index (χ1v) is 13.8. The third-order valence-electron chi connectivity index (χ3n) is 5.33. The summed E-state index contributed by atoms with van der Waals surface area (Å²) in [4.78, 5) is 25.5. The highest BCUT2D eigenvalue weighted by Crippen LogP contribution is 2.25. The SMILES string of the molecule is CCn1c(SCC(=O)Nc2cccc(OC)c2)nnc1[C@@H](CCSC)NC(=O)c1ccc(OC)cc1. The lowest BCUT2D eigenvalue weighted by Gasteiger charge is -2.19. The molecule has 2 amide bonds. The molecule has 0 unspecified atom stereocenters. The van der Waals surface area contributed by atoms with Gasteiger partial charge in [0.05, 0.1) is 26.0 Å². The number of anilines is 1. The average Bonchev–Trinajstić information content (AvgIpc) is 3.32. The van der Waals surface area contributed by atoms with Gasteiger partial charge in [0.2, 0.25) is 5.91 Å². The summed E-state index contributed by atoms with van der Waals surface area (Å²) in [6.45, 7) is 2.60. The van der Waals surface area contributed by atoms with Gasteiger partial charge in [0.25, 0.3) is 5.91 Å². The smallest absolute Gasteiger partial charge is 0.251 e. The van der Waals surface area contributed by atoms with Crippen LogP contribution in [0.4, 0.5) is 5.69 Å². The molecule has 0 bridgehead atoms. The first-order chi connectivity index (χ1) is 17.5. The Morgan fingerprint density at radius 1 is 1.06 bits per heavy atom. The largest absolute Gasteiger partial charge is 0.497 e. The number of nitrogens with zero attached hydrogens (tertiary/aromatic N) is 3. The van der Waals surface area contributed by atoms with Gasteiger partial charge in [-0.3, -0.25) is 9.59 Å². The van der Waals surface area contributed by atoms with E-state index in [0.29, 0.717) is 46.7 Å². The number of benzene rings is 2. The Bertz CT molecular complexity index is 1150. The van der Waals surface area contributed by atoms with Crippen molar-refractivity contribution in [1.82, 2.24) is 20.1 Å². The molecule has 192 valence electrons. The summed E-state index contributed by atoms with van der Waals surface area (Å²) in [5.41, 5.74) is 1.20. The quantitative estimate of drug-likeness (QED) is 0.316. The minimum Gasteiger partial charge on any atom is -0.497 e. The van der Waals surface area contributed by atoms with E-state index in [9.17, 15) is 9.59 Å². The maximum atomic E-state index is 12.9. The second-order valence-electron chi connectivity index (χ2n) is 7.69. The number of ether oxygens (including phenoxy) is 2. The summed E-state index contributed by atoms with van der Waals surface area (Å²) in [5, 5.41) is 15.3. The summed E-state index contributed by atoms with van der Waals surface area (Å²) < 4.78 is 12.3. The molecule has 0 fully saturated rings. The fourth-order valence-corrected chi connectivity index (χ4v) is 4.76.